The Morgan fingerprint density at radius 2 is 1.65 bits per heavy atom. The van der Waals surface area contributed by atoms with Gasteiger partial charge in [-0.05, 0) is 30.5 Å². The van der Waals surface area contributed by atoms with E-state index in [2.05, 4.69) is 19.2 Å². The van der Waals surface area contributed by atoms with Gasteiger partial charge >= 0.3 is 0 Å². The van der Waals surface area contributed by atoms with Gasteiger partial charge in [0, 0.05) is 5.56 Å². The van der Waals surface area contributed by atoms with Crippen LogP contribution in [-0.2, 0) is 4.79 Å². The third-order valence-electron chi connectivity index (χ3n) is 2.61. The van der Waals surface area contributed by atoms with Crippen molar-refractivity contribution in [2.75, 3.05) is 0 Å². The summed E-state index contributed by atoms with van der Waals surface area (Å²) in [5, 5.41) is 2.53. The van der Waals surface area contributed by atoms with Crippen LogP contribution in [0.15, 0.2) is 24.3 Å². The summed E-state index contributed by atoms with van der Waals surface area (Å²) in [4.78, 5) is 22.5. The van der Waals surface area contributed by atoms with Crippen molar-refractivity contribution >= 4 is 11.8 Å². The Labute approximate surface area is 101 Å². The number of hydrogen-bond acceptors (Lipinski definition) is 2. The Kier molecular flexibility index (Phi) is 4.26. The molecular formula is C13H18N2O2. The molecule has 0 aliphatic rings. The summed E-state index contributed by atoms with van der Waals surface area (Å²) in [5.74, 6) is -0.402. The third-order valence-corrected chi connectivity index (χ3v) is 2.61. The van der Waals surface area contributed by atoms with Crippen molar-refractivity contribution in [1.29, 1.82) is 0 Å². The van der Waals surface area contributed by atoms with E-state index in [9.17, 15) is 9.59 Å². The van der Waals surface area contributed by atoms with Gasteiger partial charge in [0.1, 0.15) is 6.04 Å². The molecule has 1 atom stereocenters. The largest absolute Gasteiger partial charge is 0.368 e. The molecule has 4 nitrogen and oxygen atoms in total. The van der Waals surface area contributed by atoms with E-state index in [4.69, 9.17) is 5.73 Å². The Balaban J connectivity index is 2.73. The minimum Gasteiger partial charge on any atom is -0.368 e. The molecule has 2 amide bonds. The van der Waals surface area contributed by atoms with Crippen LogP contribution in [0, 0.1) is 0 Å². The van der Waals surface area contributed by atoms with Crippen LogP contribution in [0.1, 0.15) is 42.6 Å². The Morgan fingerprint density at radius 1 is 1.12 bits per heavy atom. The van der Waals surface area contributed by atoms with Crippen LogP contribution in [0.2, 0.25) is 0 Å². The van der Waals surface area contributed by atoms with E-state index in [1.165, 1.54) is 5.56 Å². The molecule has 0 heterocycles. The second-order valence-electron chi connectivity index (χ2n) is 4.37. The van der Waals surface area contributed by atoms with Crippen LogP contribution in [0.5, 0.6) is 0 Å². The van der Waals surface area contributed by atoms with Crippen molar-refractivity contribution in [3.63, 3.8) is 0 Å². The van der Waals surface area contributed by atoms with Crippen molar-refractivity contribution in [3.05, 3.63) is 35.4 Å². The molecule has 0 radical (unpaired) electrons. The normalized spacial score (nSPS) is 12.2. The van der Waals surface area contributed by atoms with Crippen molar-refractivity contribution in [2.24, 2.45) is 5.73 Å². The highest BCUT2D eigenvalue weighted by Crippen LogP contribution is 2.14. The molecule has 17 heavy (non-hydrogen) atoms. The van der Waals surface area contributed by atoms with Gasteiger partial charge in [-0.2, -0.15) is 0 Å². The molecule has 0 aliphatic heterocycles. The number of carbonyl (C=O) groups excluding carboxylic acids is 2. The average molecular weight is 234 g/mol. The number of amides is 2. The summed E-state index contributed by atoms with van der Waals surface area (Å²) < 4.78 is 0. The molecule has 3 N–H and O–H groups in total. The second kappa shape index (κ2) is 5.48. The molecule has 0 aromatic heterocycles. The number of nitrogens with one attached hydrogen (secondary N) is 1. The maximum Gasteiger partial charge on any atom is 0.251 e. The molecule has 92 valence electrons. The minimum atomic E-state index is -0.660. The molecule has 0 bridgehead atoms. The van der Waals surface area contributed by atoms with Crippen LogP contribution in [0.4, 0.5) is 0 Å². The Bertz CT molecular complexity index is 410. The fraction of sp³-hybridized carbons (Fsp3) is 0.385. The summed E-state index contributed by atoms with van der Waals surface area (Å²) in [5.41, 5.74) is 6.77. The van der Waals surface area contributed by atoms with Gasteiger partial charge in [0.25, 0.3) is 5.91 Å². The van der Waals surface area contributed by atoms with Crippen LogP contribution >= 0.6 is 0 Å². The van der Waals surface area contributed by atoms with Gasteiger partial charge in [0.2, 0.25) is 5.91 Å². The topological polar surface area (TPSA) is 72.2 Å². The van der Waals surface area contributed by atoms with Gasteiger partial charge < -0.3 is 11.1 Å². The number of rotatable bonds is 4. The second-order valence-corrected chi connectivity index (χ2v) is 4.37. The van der Waals surface area contributed by atoms with Crippen LogP contribution in [0.3, 0.4) is 0 Å². The summed E-state index contributed by atoms with van der Waals surface area (Å²) >= 11 is 0. The van der Waals surface area contributed by atoms with Crippen molar-refractivity contribution in [1.82, 2.24) is 5.32 Å². The molecular weight excluding hydrogens is 216 g/mol. The van der Waals surface area contributed by atoms with Crippen molar-refractivity contribution < 1.29 is 9.59 Å². The monoisotopic (exact) mass is 234 g/mol. The highest BCUT2D eigenvalue weighted by Gasteiger charge is 2.13. The standard InChI is InChI=1S/C13H18N2O2/c1-8(2)10-4-6-11(7-5-10)13(17)15-9(3)12(14)16/h4-9H,1-3H3,(H2,14,16)(H,15,17). The SMILES string of the molecule is CC(NC(=O)c1ccc(C(C)C)cc1)C(N)=O. The molecule has 1 rings (SSSR count). The lowest BCUT2D eigenvalue weighted by Crippen LogP contribution is -2.42. The molecule has 1 aromatic carbocycles. The number of nitrogens with two attached hydrogens (primary N) is 1. The molecule has 1 aromatic rings. The van der Waals surface area contributed by atoms with Crippen LogP contribution in [-0.4, -0.2) is 17.9 Å². The zero-order chi connectivity index (χ0) is 13.0. The summed E-state index contributed by atoms with van der Waals surface area (Å²) in [6, 6.07) is 6.66. The molecule has 1 unspecified atom stereocenters. The number of hydrogen-bond donors (Lipinski definition) is 2. The highest BCUT2D eigenvalue weighted by molar-refractivity contribution is 5.97. The van der Waals surface area contributed by atoms with Crippen molar-refractivity contribution in [2.45, 2.75) is 32.7 Å². The summed E-state index contributed by atoms with van der Waals surface area (Å²) in [6.07, 6.45) is 0. The first-order valence-electron chi connectivity index (χ1n) is 5.62. The molecule has 0 aliphatic carbocycles. The van der Waals surface area contributed by atoms with Gasteiger partial charge in [0.05, 0.1) is 0 Å². The van der Waals surface area contributed by atoms with Crippen molar-refractivity contribution in [3.8, 4) is 0 Å². The maximum atomic E-state index is 11.7. The fourth-order valence-corrected chi connectivity index (χ4v) is 1.37. The number of primary amides is 1. The molecule has 0 saturated carbocycles. The van der Waals surface area contributed by atoms with Gasteiger partial charge in [-0.1, -0.05) is 26.0 Å². The molecule has 0 spiro atoms. The lowest BCUT2D eigenvalue weighted by atomic mass is 10.0. The predicted molar refractivity (Wildman–Crippen MR) is 66.7 cm³/mol. The van der Waals surface area contributed by atoms with E-state index in [1.807, 2.05) is 12.1 Å². The van der Waals surface area contributed by atoms with E-state index in [0.29, 0.717) is 11.5 Å². The van der Waals surface area contributed by atoms with E-state index in [1.54, 1.807) is 19.1 Å². The fourth-order valence-electron chi connectivity index (χ4n) is 1.37. The molecule has 0 saturated heterocycles. The first-order valence-corrected chi connectivity index (χ1v) is 5.62. The lowest BCUT2D eigenvalue weighted by Gasteiger charge is -2.11. The van der Waals surface area contributed by atoms with E-state index in [0.717, 1.165) is 0 Å². The third kappa shape index (κ3) is 3.59. The minimum absolute atomic E-state index is 0.286. The number of benzene rings is 1. The van der Waals surface area contributed by atoms with Crippen LogP contribution in [0.25, 0.3) is 0 Å². The average Bonchev–Trinajstić information content (AvgIpc) is 2.28. The van der Waals surface area contributed by atoms with E-state index >= 15 is 0 Å². The summed E-state index contributed by atoms with van der Waals surface area (Å²) in [7, 11) is 0. The molecule has 0 fully saturated rings. The lowest BCUT2D eigenvalue weighted by molar-refractivity contribution is -0.119. The van der Waals surface area contributed by atoms with Gasteiger partial charge in [-0.25, -0.2) is 0 Å². The zero-order valence-electron chi connectivity index (χ0n) is 10.4. The predicted octanol–water partition coefficient (Wildman–Crippen LogP) is 1.41. The Morgan fingerprint density at radius 3 is 2.06 bits per heavy atom. The number of carbonyl (C=O) groups is 2. The summed E-state index contributed by atoms with van der Waals surface area (Å²) in [6.45, 7) is 5.73. The molecule has 4 heteroatoms. The van der Waals surface area contributed by atoms with E-state index < -0.39 is 11.9 Å². The van der Waals surface area contributed by atoms with Crippen LogP contribution < -0.4 is 11.1 Å². The van der Waals surface area contributed by atoms with Gasteiger partial charge in [-0.15, -0.1) is 0 Å². The first-order chi connectivity index (χ1) is 7.91. The smallest absolute Gasteiger partial charge is 0.251 e. The van der Waals surface area contributed by atoms with Gasteiger partial charge in [0.15, 0.2) is 0 Å². The zero-order valence-corrected chi connectivity index (χ0v) is 10.4. The van der Waals surface area contributed by atoms with E-state index in [-0.39, 0.29) is 5.91 Å². The quantitative estimate of drug-likeness (QED) is 0.826. The maximum absolute atomic E-state index is 11.7. The van der Waals surface area contributed by atoms with Gasteiger partial charge in [-0.3, -0.25) is 9.59 Å². The highest BCUT2D eigenvalue weighted by atomic mass is 16.2. The first kappa shape index (κ1) is 13.2. The Hall–Kier alpha value is -1.84.